The molecule has 0 spiro atoms. The fourth-order valence-corrected chi connectivity index (χ4v) is 3.23. The number of hydrogen-bond donors (Lipinski definition) is 0. The van der Waals surface area contributed by atoms with Gasteiger partial charge < -0.3 is 9.64 Å². The van der Waals surface area contributed by atoms with E-state index in [0.717, 1.165) is 14.7 Å². The van der Waals surface area contributed by atoms with Crippen LogP contribution in [0.15, 0.2) is 42.0 Å². The lowest BCUT2D eigenvalue weighted by atomic mass is 10.1. The zero-order valence-corrected chi connectivity index (χ0v) is 17.8. The molecule has 0 bridgehead atoms. The Kier molecular flexibility index (Phi) is 7.33. The summed E-state index contributed by atoms with van der Waals surface area (Å²) in [5.74, 6) is 0.353. The van der Waals surface area contributed by atoms with E-state index in [2.05, 4.69) is 22.6 Å². The zero-order chi connectivity index (χ0) is 19.3. The Hall–Kier alpha value is -1.75. The van der Waals surface area contributed by atoms with Gasteiger partial charge in [0, 0.05) is 29.7 Å². The molecule has 0 fully saturated rings. The third-order valence-corrected chi connectivity index (χ3v) is 4.85. The molecule has 4 nitrogen and oxygen atoms in total. The molecule has 0 radical (unpaired) electrons. The summed E-state index contributed by atoms with van der Waals surface area (Å²) in [4.78, 5) is 13.3. The molecule has 2 rings (SSSR count). The molecule has 0 aliphatic rings. The minimum absolute atomic E-state index is 0.0763. The summed E-state index contributed by atoms with van der Waals surface area (Å²) in [5.41, 5.74) is 1.66. The minimum atomic E-state index is -0.333. The summed E-state index contributed by atoms with van der Waals surface area (Å²) in [6.07, 6.45) is 1.56. The standard InChI is InChI=1S/C19H15Cl2IN2O2/c1-24(2)19(25)14(10-23)7-12-3-6-18(17(22)8-12)26-11-13-4-5-15(20)9-16(13)21/h3-9H,11H2,1-2H3/b14-7-. The van der Waals surface area contributed by atoms with E-state index in [4.69, 9.17) is 27.9 Å². The second-order valence-corrected chi connectivity index (χ2v) is 7.59. The first-order chi connectivity index (χ1) is 12.3. The van der Waals surface area contributed by atoms with E-state index >= 15 is 0 Å². The van der Waals surface area contributed by atoms with E-state index in [-0.39, 0.29) is 11.5 Å². The highest BCUT2D eigenvalue weighted by Crippen LogP contribution is 2.26. The number of nitriles is 1. The van der Waals surface area contributed by atoms with E-state index in [9.17, 15) is 10.1 Å². The van der Waals surface area contributed by atoms with Crippen LogP contribution in [0.3, 0.4) is 0 Å². The lowest BCUT2D eigenvalue weighted by molar-refractivity contribution is -0.124. The lowest BCUT2D eigenvalue weighted by Crippen LogP contribution is -2.22. The van der Waals surface area contributed by atoms with Crippen molar-refractivity contribution < 1.29 is 9.53 Å². The molecule has 0 saturated carbocycles. The fourth-order valence-electron chi connectivity index (χ4n) is 2.07. The topological polar surface area (TPSA) is 53.3 Å². The number of rotatable bonds is 5. The highest BCUT2D eigenvalue weighted by atomic mass is 127. The van der Waals surface area contributed by atoms with Crippen molar-refractivity contribution in [2.24, 2.45) is 0 Å². The van der Waals surface area contributed by atoms with Gasteiger partial charge in [-0.1, -0.05) is 35.3 Å². The Bertz CT molecular complexity index is 905. The van der Waals surface area contributed by atoms with Gasteiger partial charge in [-0.3, -0.25) is 4.79 Å². The average molecular weight is 501 g/mol. The van der Waals surface area contributed by atoms with Crippen molar-refractivity contribution in [1.82, 2.24) is 4.90 Å². The van der Waals surface area contributed by atoms with Gasteiger partial charge in [0.05, 0.1) is 3.57 Å². The molecule has 2 aromatic rings. The summed E-state index contributed by atoms with van der Waals surface area (Å²) in [7, 11) is 3.21. The van der Waals surface area contributed by atoms with Crippen molar-refractivity contribution in [3.05, 3.63) is 66.7 Å². The molecule has 0 N–H and O–H groups in total. The highest BCUT2D eigenvalue weighted by molar-refractivity contribution is 14.1. The number of ether oxygens (including phenoxy) is 1. The van der Waals surface area contributed by atoms with Crippen LogP contribution in [-0.2, 0) is 11.4 Å². The maximum atomic E-state index is 11.9. The van der Waals surface area contributed by atoms with Gasteiger partial charge in [0.25, 0.3) is 5.91 Å². The summed E-state index contributed by atoms with van der Waals surface area (Å²) < 4.78 is 6.68. The summed E-state index contributed by atoms with van der Waals surface area (Å²) in [6, 6.07) is 12.6. The van der Waals surface area contributed by atoms with Crippen LogP contribution in [0.5, 0.6) is 5.75 Å². The Morgan fingerprint density at radius 3 is 2.58 bits per heavy atom. The molecule has 2 aromatic carbocycles. The van der Waals surface area contributed by atoms with Crippen molar-refractivity contribution in [3.63, 3.8) is 0 Å². The maximum absolute atomic E-state index is 11.9. The van der Waals surface area contributed by atoms with Gasteiger partial charge in [-0.25, -0.2) is 0 Å². The molecule has 26 heavy (non-hydrogen) atoms. The third-order valence-electron chi connectivity index (χ3n) is 3.42. The molecule has 0 heterocycles. The SMILES string of the molecule is CN(C)C(=O)/C(C#N)=C\c1ccc(OCc2ccc(Cl)cc2Cl)c(I)c1. The summed E-state index contributed by atoms with van der Waals surface area (Å²) >= 11 is 14.2. The van der Waals surface area contributed by atoms with E-state index in [0.29, 0.717) is 22.4 Å². The predicted molar refractivity (Wildman–Crippen MR) is 112 cm³/mol. The van der Waals surface area contributed by atoms with E-state index in [1.54, 1.807) is 44.4 Å². The van der Waals surface area contributed by atoms with Crippen LogP contribution in [0.2, 0.25) is 10.0 Å². The number of benzene rings is 2. The second-order valence-electron chi connectivity index (χ2n) is 5.58. The minimum Gasteiger partial charge on any atom is -0.488 e. The number of likely N-dealkylation sites (N-methyl/N-ethyl adjacent to an activating group) is 1. The zero-order valence-electron chi connectivity index (χ0n) is 14.1. The molecule has 1 amide bonds. The molecular formula is C19H15Cl2IN2O2. The van der Waals surface area contributed by atoms with Gasteiger partial charge in [-0.15, -0.1) is 0 Å². The summed E-state index contributed by atoms with van der Waals surface area (Å²) in [5, 5.41) is 10.3. The molecule has 0 atom stereocenters. The monoisotopic (exact) mass is 500 g/mol. The Morgan fingerprint density at radius 1 is 1.27 bits per heavy atom. The first kappa shape index (κ1) is 20.6. The predicted octanol–water partition coefficient (Wildman–Crippen LogP) is 5.17. The molecule has 0 unspecified atom stereocenters. The summed E-state index contributed by atoms with van der Waals surface area (Å²) in [6.45, 7) is 0.309. The quantitative estimate of drug-likeness (QED) is 0.323. The number of nitrogens with zero attached hydrogens (tertiary/aromatic N) is 2. The fraction of sp³-hybridized carbons (Fsp3) is 0.158. The number of hydrogen-bond acceptors (Lipinski definition) is 3. The number of carbonyl (C=O) groups excluding carboxylic acids is 1. The second kappa shape index (κ2) is 9.26. The number of halogens is 3. The van der Waals surface area contributed by atoms with Crippen LogP contribution in [0, 0.1) is 14.9 Å². The van der Waals surface area contributed by atoms with Gasteiger partial charge in [-0.05, 0) is 58.5 Å². The van der Waals surface area contributed by atoms with Gasteiger partial charge >= 0.3 is 0 Å². The average Bonchev–Trinajstić information content (AvgIpc) is 2.59. The van der Waals surface area contributed by atoms with Crippen LogP contribution in [0.25, 0.3) is 6.08 Å². The van der Waals surface area contributed by atoms with Gasteiger partial charge in [0.2, 0.25) is 0 Å². The van der Waals surface area contributed by atoms with Crippen molar-refractivity contribution in [3.8, 4) is 11.8 Å². The Labute approximate surface area is 176 Å². The third kappa shape index (κ3) is 5.37. The molecule has 0 aromatic heterocycles. The van der Waals surface area contributed by atoms with Gasteiger partial charge in [0.15, 0.2) is 0 Å². The van der Waals surface area contributed by atoms with Crippen LogP contribution < -0.4 is 4.74 Å². The van der Waals surface area contributed by atoms with E-state index < -0.39 is 0 Å². The highest BCUT2D eigenvalue weighted by Gasteiger charge is 2.12. The molecule has 0 saturated heterocycles. The van der Waals surface area contributed by atoms with Crippen LogP contribution in [-0.4, -0.2) is 24.9 Å². The van der Waals surface area contributed by atoms with Gasteiger partial charge in [-0.2, -0.15) is 5.26 Å². The normalized spacial score (nSPS) is 11.0. The largest absolute Gasteiger partial charge is 0.488 e. The van der Waals surface area contributed by atoms with E-state index in [1.807, 2.05) is 18.2 Å². The molecule has 134 valence electrons. The first-order valence-corrected chi connectivity index (χ1v) is 9.35. The van der Waals surface area contributed by atoms with Gasteiger partial charge in [0.1, 0.15) is 24.0 Å². The van der Waals surface area contributed by atoms with Crippen LogP contribution >= 0.6 is 45.8 Å². The molecule has 0 aliphatic heterocycles. The lowest BCUT2D eigenvalue weighted by Gasteiger charge is -2.11. The van der Waals surface area contributed by atoms with Crippen LogP contribution in [0.1, 0.15) is 11.1 Å². The number of carbonyl (C=O) groups is 1. The smallest absolute Gasteiger partial charge is 0.264 e. The molecule has 7 heteroatoms. The maximum Gasteiger partial charge on any atom is 0.264 e. The van der Waals surface area contributed by atoms with Crippen molar-refractivity contribution in [2.75, 3.05) is 14.1 Å². The molecular weight excluding hydrogens is 486 g/mol. The molecule has 0 aliphatic carbocycles. The number of amides is 1. The van der Waals surface area contributed by atoms with Crippen molar-refractivity contribution in [2.45, 2.75) is 6.61 Å². The Balaban J connectivity index is 2.16. The van der Waals surface area contributed by atoms with Crippen molar-refractivity contribution >= 4 is 57.8 Å². The van der Waals surface area contributed by atoms with Crippen molar-refractivity contribution in [1.29, 1.82) is 5.26 Å². The van der Waals surface area contributed by atoms with E-state index in [1.165, 1.54) is 4.90 Å². The van der Waals surface area contributed by atoms with Crippen LogP contribution in [0.4, 0.5) is 0 Å². The first-order valence-electron chi connectivity index (χ1n) is 7.51. The Morgan fingerprint density at radius 2 is 2.00 bits per heavy atom.